The van der Waals surface area contributed by atoms with Gasteiger partial charge in [0.25, 0.3) is 0 Å². The molecule has 21 heavy (non-hydrogen) atoms. The second-order valence-electron chi connectivity index (χ2n) is 4.87. The number of aromatic hydroxyl groups is 1. The third-order valence-corrected chi connectivity index (χ3v) is 3.29. The monoisotopic (exact) mass is 302 g/mol. The van der Waals surface area contributed by atoms with Crippen molar-refractivity contribution in [2.45, 2.75) is 37.9 Å². The number of rotatable bonds is 8. The third kappa shape index (κ3) is 4.92. The molecule has 0 saturated carbocycles. The molecule has 0 amide bonds. The first-order valence-electron chi connectivity index (χ1n) is 6.56. The van der Waals surface area contributed by atoms with E-state index >= 15 is 0 Å². The highest BCUT2D eigenvalue weighted by Gasteiger charge is 2.30. The fraction of sp³-hybridized carbons (Fsp3) is 0.571. The topological polar surface area (TPSA) is 131 Å². The maximum absolute atomic E-state index is 9.66. The first-order valence-corrected chi connectivity index (χ1v) is 6.56. The molecular formula is C14H22O7. The van der Waals surface area contributed by atoms with Crippen LogP contribution in [0.2, 0.25) is 0 Å². The molecule has 1 aromatic rings. The first kappa shape index (κ1) is 17.8. The number of phenols is 1. The first-order chi connectivity index (χ1) is 9.88. The summed E-state index contributed by atoms with van der Waals surface area (Å²) in [5, 5.41) is 56.1. The van der Waals surface area contributed by atoms with Crippen molar-refractivity contribution in [3.63, 3.8) is 0 Å². The van der Waals surface area contributed by atoms with Crippen LogP contribution in [0.3, 0.4) is 0 Å². The molecule has 0 unspecified atom stereocenters. The molecule has 0 saturated heterocycles. The zero-order valence-corrected chi connectivity index (χ0v) is 11.8. The Labute approximate surface area is 122 Å². The summed E-state index contributed by atoms with van der Waals surface area (Å²) in [6, 6.07) is 4.96. The normalized spacial score (nSPS) is 17.2. The fourth-order valence-electron chi connectivity index (χ4n) is 1.78. The molecule has 7 nitrogen and oxygen atoms in total. The minimum absolute atomic E-state index is 0.114. The zero-order chi connectivity index (χ0) is 16.0. The number of phenolic OH excluding ortho intramolecular Hbond substituents is 1. The van der Waals surface area contributed by atoms with Gasteiger partial charge in [0.05, 0.1) is 19.8 Å². The SMILES string of the molecule is Cc1c(O)cccc1COC[C@@H](O)[C@@H](O)[C@H](O)[C@H](O)CO. The van der Waals surface area contributed by atoms with Crippen LogP contribution in [0.1, 0.15) is 11.1 Å². The highest BCUT2D eigenvalue weighted by Crippen LogP contribution is 2.20. The van der Waals surface area contributed by atoms with Crippen molar-refractivity contribution >= 4 is 0 Å². The number of hydrogen-bond donors (Lipinski definition) is 6. The van der Waals surface area contributed by atoms with E-state index in [1.807, 2.05) is 0 Å². The van der Waals surface area contributed by atoms with Gasteiger partial charge >= 0.3 is 0 Å². The van der Waals surface area contributed by atoms with E-state index in [0.717, 1.165) is 5.56 Å². The van der Waals surface area contributed by atoms with E-state index in [1.54, 1.807) is 25.1 Å². The van der Waals surface area contributed by atoms with Gasteiger partial charge in [-0.1, -0.05) is 12.1 Å². The van der Waals surface area contributed by atoms with Gasteiger partial charge in [-0.3, -0.25) is 0 Å². The Morgan fingerprint density at radius 3 is 2.29 bits per heavy atom. The van der Waals surface area contributed by atoms with Gasteiger partial charge in [0.2, 0.25) is 0 Å². The lowest BCUT2D eigenvalue weighted by Gasteiger charge is -2.25. The Kier molecular flexibility index (Phi) is 7.03. The molecule has 0 fully saturated rings. The summed E-state index contributed by atoms with van der Waals surface area (Å²) in [4.78, 5) is 0. The van der Waals surface area contributed by atoms with Crippen molar-refractivity contribution in [3.8, 4) is 5.75 Å². The highest BCUT2D eigenvalue weighted by atomic mass is 16.5. The lowest BCUT2D eigenvalue weighted by atomic mass is 10.0. The van der Waals surface area contributed by atoms with Crippen LogP contribution < -0.4 is 0 Å². The highest BCUT2D eigenvalue weighted by molar-refractivity contribution is 5.37. The quantitative estimate of drug-likeness (QED) is 0.350. The van der Waals surface area contributed by atoms with Crippen molar-refractivity contribution < 1.29 is 35.4 Å². The van der Waals surface area contributed by atoms with Crippen LogP contribution in [0.5, 0.6) is 5.75 Å². The molecule has 0 aromatic heterocycles. The number of ether oxygens (including phenoxy) is 1. The lowest BCUT2D eigenvalue weighted by Crippen LogP contribution is -2.47. The maximum atomic E-state index is 9.66. The molecule has 0 aliphatic carbocycles. The van der Waals surface area contributed by atoms with Crippen LogP contribution in [-0.2, 0) is 11.3 Å². The molecule has 1 rings (SSSR count). The molecule has 1 aromatic carbocycles. The van der Waals surface area contributed by atoms with Crippen LogP contribution >= 0.6 is 0 Å². The Bertz CT molecular complexity index is 437. The standard InChI is InChI=1S/C14H22O7/c1-8-9(3-2-4-10(8)16)6-21-7-12(18)14(20)13(19)11(17)5-15/h2-4,11-20H,5-7H2,1H3/t11-,12-,13-,14-/m1/s1. The van der Waals surface area contributed by atoms with Crippen LogP contribution in [0.4, 0.5) is 0 Å². The van der Waals surface area contributed by atoms with Crippen molar-refractivity contribution in [1.29, 1.82) is 0 Å². The van der Waals surface area contributed by atoms with Crippen molar-refractivity contribution in [2.75, 3.05) is 13.2 Å². The van der Waals surface area contributed by atoms with E-state index in [4.69, 9.17) is 9.84 Å². The van der Waals surface area contributed by atoms with Gasteiger partial charge in [-0.05, 0) is 24.1 Å². The minimum Gasteiger partial charge on any atom is -0.508 e. The van der Waals surface area contributed by atoms with Gasteiger partial charge in [-0.15, -0.1) is 0 Å². The summed E-state index contributed by atoms with van der Waals surface area (Å²) >= 11 is 0. The molecule has 0 heterocycles. The van der Waals surface area contributed by atoms with Gasteiger partial charge in [-0.25, -0.2) is 0 Å². The maximum Gasteiger partial charge on any atom is 0.118 e. The van der Waals surface area contributed by atoms with Gasteiger partial charge in [0, 0.05) is 0 Å². The molecular weight excluding hydrogens is 280 g/mol. The smallest absolute Gasteiger partial charge is 0.118 e. The second-order valence-corrected chi connectivity index (χ2v) is 4.87. The summed E-state index contributed by atoms with van der Waals surface area (Å²) < 4.78 is 5.23. The van der Waals surface area contributed by atoms with Crippen molar-refractivity contribution in [3.05, 3.63) is 29.3 Å². The van der Waals surface area contributed by atoms with E-state index in [-0.39, 0.29) is 19.0 Å². The third-order valence-electron chi connectivity index (χ3n) is 3.29. The second kappa shape index (κ2) is 8.28. The van der Waals surface area contributed by atoms with Gasteiger partial charge in [0.15, 0.2) is 0 Å². The average Bonchev–Trinajstić information content (AvgIpc) is 2.48. The number of hydrogen-bond acceptors (Lipinski definition) is 7. The molecule has 0 spiro atoms. The van der Waals surface area contributed by atoms with Gasteiger partial charge in [0.1, 0.15) is 30.2 Å². The van der Waals surface area contributed by atoms with Crippen LogP contribution in [0.15, 0.2) is 18.2 Å². The van der Waals surface area contributed by atoms with Crippen LogP contribution in [-0.4, -0.2) is 68.3 Å². The number of aliphatic hydroxyl groups excluding tert-OH is 5. The summed E-state index contributed by atoms with van der Waals surface area (Å²) in [5.74, 6) is 0.137. The van der Waals surface area contributed by atoms with E-state index in [9.17, 15) is 25.5 Å². The molecule has 7 heteroatoms. The molecule has 4 atom stereocenters. The Balaban J connectivity index is 2.46. The van der Waals surface area contributed by atoms with Crippen LogP contribution in [0.25, 0.3) is 0 Å². The lowest BCUT2D eigenvalue weighted by molar-refractivity contribution is -0.130. The van der Waals surface area contributed by atoms with Crippen molar-refractivity contribution in [1.82, 2.24) is 0 Å². The molecule has 120 valence electrons. The minimum atomic E-state index is -1.67. The Morgan fingerprint density at radius 1 is 1.05 bits per heavy atom. The van der Waals surface area contributed by atoms with Crippen molar-refractivity contribution in [2.24, 2.45) is 0 Å². The summed E-state index contributed by atoms with van der Waals surface area (Å²) in [6.45, 7) is 0.836. The fourth-order valence-corrected chi connectivity index (χ4v) is 1.78. The Hall–Kier alpha value is -1.22. The molecule has 0 aliphatic rings. The Morgan fingerprint density at radius 2 is 1.67 bits per heavy atom. The largest absolute Gasteiger partial charge is 0.508 e. The summed E-state index contributed by atoms with van der Waals surface area (Å²) in [6.07, 6.45) is -6.27. The summed E-state index contributed by atoms with van der Waals surface area (Å²) in [5.41, 5.74) is 1.39. The summed E-state index contributed by atoms with van der Waals surface area (Å²) in [7, 11) is 0. The zero-order valence-electron chi connectivity index (χ0n) is 11.8. The van der Waals surface area contributed by atoms with Gasteiger partial charge in [-0.2, -0.15) is 0 Å². The van der Waals surface area contributed by atoms with E-state index in [1.165, 1.54) is 0 Å². The van der Waals surface area contributed by atoms with E-state index in [0.29, 0.717) is 5.56 Å². The molecule has 0 bridgehead atoms. The molecule has 6 N–H and O–H groups in total. The van der Waals surface area contributed by atoms with E-state index < -0.39 is 31.0 Å². The van der Waals surface area contributed by atoms with E-state index in [2.05, 4.69) is 0 Å². The predicted octanol–water partition coefficient (Wildman–Crippen LogP) is -1.35. The molecule has 0 aliphatic heterocycles. The van der Waals surface area contributed by atoms with Gasteiger partial charge < -0.3 is 35.4 Å². The average molecular weight is 302 g/mol. The molecule has 0 radical (unpaired) electrons. The predicted molar refractivity (Wildman–Crippen MR) is 73.6 cm³/mol. The number of aliphatic hydroxyl groups is 5. The van der Waals surface area contributed by atoms with Crippen LogP contribution in [0, 0.1) is 6.92 Å². The number of benzene rings is 1.